The number of aryl methyl sites for hydroxylation is 1. The highest BCUT2D eigenvalue weighted by molar-refractivity contribution is 6.20. The maximum absolute atomic E-state index is 12.9. The molecule has 2 saturated heterocycles. The molecule has 2 unspecified atom stereocenters. The van der Waals surface area contributed by atoms with Gasteiger partial charge in [0.05, 0.1) is 12.7 Å². The number of hydrogen-bond donors (Lipinski definition) is 0. The molecule has 2 fully saturated rings. The average molecular weight is 294 g/mol. The van der Waals surface area contributed by atoms with Crippen LogP contribution in [0.5, 0.6) is 5.75 Å². The maximum atomic E-state index is 12.9. The smallest absolute Gasteiger partial charge is 0.258 e. The van der Waals surface area contributed by atoms with Crippen LogP contribution in [0.25, 0.3) is 0 Å². The van der Waals surface area contributed by atoms with Crippen molar-refractivity contribution < 1.29 is 9.53 Å². The van der Waals surface area contributed by atoms with E-state index in [0.29, 0.717) is 23.4 Å². The summed E-state index contributed by atoms with van der Waals surface area (Å²) in [5.41, 5.74) is 1.76. The molecule has 4 heteroatoms. The number of hydrogen-bond acceptors (Lipinski definition) is 2. The molecular formula is C16H20ClNO2. The molecule has 2 bridgehead atoms. The van der Waals surface area contributed by atoms with E-state index in [4.69, 9.17) is 16.3 Å². The van der Waals surface area contributed by atoms with Gasteiger partial charge in [-0.2, -0.15) is 0 Å². The number of halogens is 1. The highest BCUT2D eigenvalue weighted by atomic mass is 35.5. The van der Waals surface area contributed by atoms with Gasteiger partial charge in [-0.05, 0) is 44.7 Å². The molecular weight excluding hydrogens is 274 g/mol. The first-order chi connectivity index (χ1) is 9.60. The summed E-state index contributed by atoms with van der Waals surface area (Å²) in [5, 5.41) is 0.218. The molecule has 20 heavy (non-hydrogen) atoms. The summed E-state index contributed by atoms with van der Waals surface area (Å²) in [6, 6.07) is 6.37. The number of alkyl halides is 1. The van der Waals surface area contributed by atoms with E-state index in [0.717, 1.165) is 31.2 Å². The van der Waals surface area contributed by atoms with Crippen LogP contribution in [-0.4, -0.2) is 35.4 Å². The summed E-state index contributed by atoms with van der Waals surface area (Å²) >= 11 is 6.28. The van der Waals surface area contributed by atoms with Crippen LogP contribution in [0.4, 0.5) is 0 Å². The SMILES string of the molecule is COc1ccc(C)cc1C(=O)N1C2CCC1CC(Cl)C2. The maximum Gasteiger partial charge on any atom is 0.258 e. The minimum atomic E-state index is 0.0987. The Balaban J connectivity index is 1.92. The Kier molecular flexibility index (Phi) is 3.63. The predicted octanol–water partition coefficient (Wildman–Crippen LogP) is 3.38. The molecule has 108 valence electrons. The second kappa shape index (κ2) is 5.28. The lowest BCUT2D eigenvalue weighted by Crippen LogP contribution is -2.47. The summed E-state index contributed by atoms with van der Waals surface area (Å²) in [5.74, 6) is 0.759. The monoisotopic (exact) mass is 293 g/mol. The van der Waals surface area contributed by atoms with Crippen LogP contribution in [-0.2, 0) is 0 Å². The molecule has 0 saturated carbocycles. The molecule has 0 aliphatic carbocycles. The first-order valence-corrected chi connectivity index (χ1v) is 7.65. The lowest BCUT2D eigenvalue weighted by molar-refractivity contribution is 0.0596. The molecule has 2 aliphatic rings. The number of amides is 1. The van der Waals surface area contributed by atoms with Crippen molar-refractivity contribution in [2.75, 3.05) is 7.11 Å². The second-order valence-corrected chi connectivity index (χ2v) is 6.49. The minimum absolute atomic E-state index is 0.0987. The number of benzene rings is 1. The quantitative estimate of drug-likeness (QED) is 0.782. The van der Waals surface area contributed by atoms with Crippen molar-refractivity contribution in [3.05, 3.63) is 29.3 Å². The van der Waals surface area contributed by atoms with Gasteiger partial charge in [0.2, 0.25) is 0 Å². The van der Waals surface area contributed by atoms with Gasteiger partial charge in [0, 0.05) is 17.5 Å². The number of ether oxygens (including phenoxy) is 1. The van der Waals surface area contributed by atoms with Gasteiger partial charge in [0.25, 0.3) is 5.91 Å². The molecule has 3 rings (SSSR count). The molecule has 3 nitrogen and oxygen atoms in total. The van der Waals surface area contributed by atoms with Crippen LogP contribution in [0, 0.1) is 6.92 Å². The number of fused-ring (bicyclic) bond motifs is 2. The standard InChI is InChI=1S/C16H20ClNO2/c1-10-3-6-15(20-2)14(7-10)16(19)18-12-4-5-13(18)9-11(17)8-12/h3,6-7,11-13H,4-5,8-9H2,1-2H3. The zero-order valence-corrected chi connectivity index (χ0v) is 12.7. The van der Waals surface area contributed by atoms with E-state index in [2.05, 4.69) is 4.90 Å². The van der Waals surface area contributed by atoms with Crippen molar-refractivity contribution >= 4 is 17.5 Å². The fourth-order valence-corrected chi connectivity index (χ4v) is 3.98. The number of carbonyl (C=O) groups excluding carboxylic acids is 1. The Labute approximate surface area is 124 Å². The van der Waals surface area contributed by atoms with Crippen LogP contribution in [0.3, 0.4) is 0 Å². The molecule has 0 N–H and O–H groups in total. The van der Waals surface area contributed by atoms with Crippen molar-refractivity contribution in [3.63, 3.8) is 0 Å². The summed E-state index contributed by atoms with van der Waals surface area (Å²) < 4.78 is 5.35. The van der Waals surface area contributed by atoms with Gasteiger partial charge in [0.15, 0.2) is 0 Å². The molecule has 2 heterocycles. The van der Waals surface area contributed by atoms with E-state index >= 15 is 0 Å². The van der Waals surface area contributed by atoms with E-state index in [1.54, 1.807) is 7.11 Å². The highest BCUT2D eigenvalue weighted by Crippen LogP contribution is 2.39. The fraction of sp³-hybridized carbons (Fsp3) is 0.562. The summed E-state index contributed by atoms with van der Waals surface area (Å²) in [6.45, 7) is 2.00. The number of nitrogens with zero attached hydrogens (tertiary/aromatic N) is 1. The number of methoxy groups -OCH3 is 1. The summed E-state index contributed by atoms with van der Waals surface area (Å²) in [6.07, 6.45) is 3.98. The largest absolute Gasteiger partial charge is 0.496 e. The van der Waals surface area contributed by atoms with Crippen LogP contribution in [0.2, 0.25) is 0 Å². The van der Waals surface area contributed by atoms with Gasteiger partial charge >= 0.3 is 0 Å². The van der Waals surface area contributed by atoms with Crippen molar-refractivity contribution in [1.82, 2.24) is 4.90 Å². The molecule has 1 amide bonds. The summed E-state index contributed by atoms with van der Waals surface area (Å²) in [7, 11) is 1.61. The van der Waals surface area contributed by atoms with Crippen molar-refractivity contribution in [3.8, 4) is 5.75 Å². The molecule has 0 spiro atoms. The van der Waals surface area contributed by atoms with E-state index in [1.807, 2.05) is 25.1 Å². The number of rotatable bonds is 2. The van der Waals surface area contributed by atoms with Crippen LogP contribution in [0.1, 0.15) is 41.6 Å². The first-order valence-electron chi connectivity index (χ1n) is 7.21. The van der Waals surface area contributed by atoms with Crippen molar-refractivity contribution in [2.24, 2.45) is 0 Å². The average Bonchev–Trinajstić information content (AvgIpc) is 2.70. The third kappa shape index (κ3) is 2.28. The molecule has 2 aliphatic heterocycles. The summed E-state index contributed by atoms with van der Waals surface area (Å²) in [4.78, 5) is 15.0. The molecule has 1 aromatic rings. The van der Waals surface area contributed by atoms with Gasteiger partial charge in [-0.15, -0.1) is 11.6 Å². The lowest BCUT2D eigenvalue weighted by atomic mass is 10.00. The van der Waals surface area contributed by atoms with Gasteiger partial charge < -0.3 is 9.64 Å². The predicted molar refractivity (Wildman–Crippen MR) is 79.6 cm³/mol. The third-order valence-electron chi connectivity index (χ3n) is 4.50. The zero-order valence-electron chi connectivity index (χ0n) is 11.9. The van der Waals surface area contributed by atoms with E-state index < -0.39 is 0 Å². The Morgan fingerprint density at radius 2 is 1.95 bits per heavy atom. The molecule has 0 aromatic heterocycles. The Morgan fingerprint density at radius 1 is 1.30 bits per heavy atom. The molecule has 1 aromatic carbocycles. The van der Waals surface area contributed by atoms with Crippen LogP contribution in [0.15, 0.2) is 18.2 Å². The van der Waals surface area contributed by atoms with Crippen molar-refractivity contribution in [2.45, 2.75) is 50.1 Å². The van der Waals surface area contributed by atoms with Gasteiger partial charge in [-0.1, -0.05) is 11.6 Å². The number of piperidine rings is 1. The van der Waals surface area contributed by atoms with Gasteiger partial charge in [0.1, 0.15) is 5.75 Å². The van der Waals surface area contributed by atoms with Crippen LogP contribution >= 0.6 is 11.6 Å². The lowest BCUT2D eigenvalue weighted by Gasteiger charge is -2.37. The normalized spacial score (nSPS) is 28.6. The van der Waals surface area contributed by atoms with Crippen molar-refractivity contribution in [1.29, 1.82) is 0 Å². The van der Waals surface area contributed by atoms with E-state index in [-0.39, 0.29) is 11.3 Å². The van der Waals surface area contributed by atoms with Gasteiger partial charge in [-0.3, -0.25) is 4.79 Å². The number of carbonyl (C=O) groups is 1. The Hall–Kier alpha value is -1.22. The van der Waals surface area contributed by atoms with E-state index in [1.165, 1.54) is 0 Å². The molecule has 0 radical (unpaired) electrons. The van der Waals surface area contributed by atoms with Crippen LogP contribution < -0.4 is 4.74 Å². The molecule has 2 atom stereocenters. The Morgan fingerprint density at radius 3 is 2.55 bits per heavy atom. The second-order valence-electron chi connectivity index (χ2n) is 5.87. The minimum Gasteiger partial charge on any atom is -0.496 e. The van der Waals surface area contributed by atoms with Gasteiger partial charge in [-0.25, -0.2) is 0 Å². The topological polar surface area (TPSA) is 29.5 Å². The third-order valence-corrected chi connectivity index (χ3v) is 4.85. The highest BCUT2D eigenvalue weighted by Gasteiger charge is 2.43. The fourth-order valence-electron chi connectivity index (χ4n) is 3.57. The first kappa shape index (κ1) is 13.7. The Bertz CT molecular complexity index is 517. The van der Waals surface area contributed by atoms with E-state index in [9.17, 15) is 4.79 Å². The zero-order chi connectivity index (χ0) is 14.3.